The molecule has 1 rings (SSSR count). The third kappa shape index (κ3) is 3.23. The van der Waals surface area contributed by atoms with Crippen LogP contribution >= 0.6 is 0 Å². The van der Waals surface area contributed by atoms with Crippen LogP contribution in [0, 0.1) is 0 Å². The van der Waals surface area contributed by atoms with Crippen molar-refractivity contribution in [2.45, 2.75) is 72.0 Å². The van der Waals surface area contributed by atoms with E-state index in [2.05, 4.69) is 11.3 Å². The number of hydrogen-bond donors (Lipinski definition) is 0. The highest BCUT2D eigenvalue weighted by atomic mass is 19.4. The largest absolute Gasteiger partial charge is 0.448 e. The lowest BCUT2D eigenvalue weighted by Crippen LogP contribution is -2.86. The average Bonchev–Trinajstić information content (AvgIpc) is 2.70. The summed E-state index contributed by atoms with van der Waals surface area (Å²) in [5.41, 5.74) is -11.0. The van der Waals surface area contributed by atoms with Crippen LogP contribution in [0.3, 0.4) is 0 Å². The van der Waals surface area contributed by atoms with E-state index in [0.29, 0.717) is 0 Å². The summed E-state index contributed by atoms with van der Waals surface area (Å²) in [4.78, 5) is 11.0. The first-order valence-corrected chi connectivity index (χ1v) is 8.43. The van der Waals surface area contributed by atoms with E-state index in [0.717, 1.165) is 0 Å². The molecule has 0 unspecified atom stereocenters. The summed E-state index contributed by atoms with van der Waals surface area (Å²) >= 11 is 0. The lowest BCUT2D eigenvalue weighted by atomic mass is 9.73. The summed E-state index contributed by atoms with van der Waals surface area (Å²) in [5, 5.41) is 0. The van der Waals surface area contributed by atoms with Crippen LogP contribution in [0.25, 0.3) is 0 Å². The van der Waals surface area contributed by atoms with Gasteiger partial charge >= 0.3 is 71.0 Å². The van der Waals surface area contributed by atoms with Crippen molar-refractivity contribution in [3.8, 4) is 0 Å². The molecule has 0 aromatic carbocycles. The molecule has 38 heavy (non-hydrogen) atoms. The Morgan fingerprint density at radius 2 is 0.684 bits per heavy atom. The molecule has 1 fully saturated rings. The monoisotopic (exact) mass is 616 g/mol. The van der Waals surface area contributed by atoms with Crippen LogP contribution in [0.1, 0.15) is 6.92 Å². The third-order valence-corrected chi connectivity index (χ3v) is 4.99. The molecule has 0 radical (unpaired) electrons. The van der Waals surface area contributed by atoms with Crippen LogP contribution in [0.5, 0.6) is 0 Å². The van der Waals surface area contributed by atoms with Gasteiger partial charge < -0.3 is 4.74 Å². The molecule has 224 valence electrons. The van der Waals surface area contributed by atoms with E-state index in [1.807, 2.05) is 0 Å². The minimum atomic E-state index is -9.39. The van der Waals surface area contributed by atoms with Gasteiger partial charge in [0.15, 0.2) is 0 Å². The van der Waals surface area contributed by atoms with E-state index >= 15 is 0 Å². The Morgan fingerprint density at radius 3 is 0.868 bits per heavy atom. The van der Waals surface area contributed by atoms with Gasteiger partial charge in [0.25, 0.3) is 0 Å². The molecule has 2 nitrogen and oxygen atoms in total. The number of alkyl halides is 21. The fourth-order valence-corrected chi connectivity index (χ4v) is 2.65. The molecule has 0 N–H and O–H groups in total. The highest BCUT2D eigenvalue weighted by molar-refractivity contribution is 5.87. The highest BCUT2D eigenvalue weighted by Crippen LogP contribution is 2.72. The maximum atomic E-state index is 14.8. The van der Waals surface area contributed by atoms with Crippen molar-refractivity contribution >= 4 is 5.97 Å². The minimum Gasteiger partial charge on any atom is -0.395 e. The zero-order chi connectivity index (χ0) is 31.4. The highest BCUT2D eigenvalue weighted by Gasteiger charge is 3.05. The first kappa shape index (κ1) is 33.8. The van der Waals surface area contributed by atoms with Gasteiger partial charge in [0, 0.05) is 5.57 Å². The summed E-state index contributed by atoms with van der Waals surface area (Å²) in [7, 11) is 0. The van der Waals surface area contributed by atoms with Gasteiger partial charge in [0.2, 0.25) is 0 Å². The number of carbonyl (C=O) groups is 1. The second-order valence-corrected chi connectivity index (χ2v) is 7.51. The zero-order valence-electron chi connectivity index (χ0n) is 17.0. The molecule has 0 saturated heterocycles. The van der Waals surface area contributed by atoms with Crippen LogP contribution in [0.4, 0.5) is 92.2 Å². The number of rotatable bonds is 3. The van der Waals surface area contributed by atoms with Crippen LogP contribution in [0.2, 0.25) is 0 Å². The van der Waals surface area contributed by atoms with Gasteiger partial charge in [-0.05, 0) is 6.92 Å². The Hall–Kier alpha value is -2.26. The molecule has 0 aromatic rings. The summed E-state index contributed by atoms with van der Waals surface area (Å²) in [6.07, 6.45) is -8.25. The molecule has 0 aromatic heterocycles. The van der Waals surface area contributed by atoms with E-state index in [1.165, 1.54) is 0 Å². The van der Waals surface area contributed by atoms with E-state index in [-0.39, 0.29) is 6.92 Å². The molecule has 0 amide bonds. The molecule has 0 bridgehead atoms. The SMILES string of the molecule is C=C(C)C(=O)OC(F)(F)C1(F)C(F)(F)C(F)(F)C(F)(F)C(F)(F)C(F)(F)C(F)(F)C(F)(F)C(F)(F)C1(F)F. The van der Waals surface area contributed by atoms with Crippen LogP contribution < -0.4 is 0 Å². The summed E-state index contributed by atoms with van der Waals surface area (Å²) in [6.45, 7) is 2.37. The van der Waals surface area contributed by atoms with Crippen LogP contribution in [0.15, 0.2) is 12.2 Å². The lowest BCUT2D eigenvalue weighted by Gasteiger charge is -2.51. The first-order valence-electron chi connectivity index (χ1n) is 8.43. The fraction of sp³-hybridized carbons (Fsp3) is 0.800. The van der Waals surface area contributed by atoms with Crippen LogP contribution in [-0.2, 0) is 9.53 Å². The molecule has 0 heterocycles. The number of hydrogen-bond acceptors (Lipinski definition) is 2. The predicted molar refractivity (Wildman–Crippen MR) is 74.2 cm³/mol. The van der Waals surface area contributed by atoms with E-state index in [1.54, 1.807) is 0 Å². The van der Waals surface area contributed by atoms with Crippen molar-refractivity contribution in [3.63, 3.8) is 0 Å². The lowest BCUT2D eigenvalue weighted by molar-refractivity contribution is -0.516. The third-order valence-electron chi connectivity index (χ3n) is 4.99. The van der Waals surface area contributed by atoms with Gasteiger partial charge in [-0.15, -0.1) is 0 Å². The molecule has 23 heteroatoms. The fourth-order valence-electron chi connectivity index (χ4n) is 2.65. The Morgan fingerprint density at radius 1 is 0.500 bits per heavy atom. The molecular formula is C15H5F21O2. The van der Waals surface area contributed by atoms with Crippen molar-refractivity contribution in [1.29, 1.82) is 0 Å². The van der Waals surface area contributed by atoms with Gasteiger partial charge in [-0.3, -0.25) is 0 Å². The van der Waals surface area contributed by atoms with Crippen molar-refractivity contribution in [3.05, 3.63) is 12.2 Å². The van der Waals surface area contributed by atoms with Gasteiger partial charge in [0.05, 0.1) is 0 Å². The molecule has 0 spiro atoms. The Kier molecular flexibility index (Phi) is 7.02. The topological polar surface area (TPSA) is 26.3 Å². The van der Waals surface area contributed by atoms with Crippen molar-refractivity contribution in [1.82, 2.24) is 0 Å². The number of ether oxygens (including phenoxy) is 1. The molecular weight excluding hydrogens is 611 g/mol. The van der Waals surface area contributed by atoms with Gasteiger partial charge in [-0.1, -0.05) is 6.58 Å². The normalized spacial score (nSPS) is 29.5. The van der Waals surface area contributed by atoms with E-state index in [4.69, 9.17) is 0 Å². The Bertz CT molecular complexity index is 939. The number of halogens is 21. The molecule has 0 atom stereocenters. The maximum Gasteiger partial charge on any atom is 0.448 e. The van der Waals surface area contributed by atoms with Gasteiger partial charge in [-0.2, -0.15) is 87.8 Å². The number of esters is 1. The molecule has 1 aliphatic rings. The second-order valence-electron chi connectivity index (χ2n) is 7.51. The van der Waals surface area contributed by atoms with Crippen molar-refractivity contribution in [2.75, 3.05) is 0 Å². The van der Waals surface area contributed by atoms with Gasteiger partial charge in [0.1, 0.15) is 0 Å². The number of carbonyl (C=O) groups excluding carboxylic acids is 1. The second kappa shape index (κ2) is 7.90. The molecule has 0 aliphatic heterocycles. The summed E-state index contributed by atoms with van der Waals surface area (Å²) in [6, 6.07) is 0. The summed E-state index contributed by atoms with van der Waals surface area (Å²) < 4.78 is 293. The Labute approximate surface area is 193 Å². The quantitative estimate of drug-likeness (QED) is 0.192. The molecule has 1 saturated carbocycles. The zero-order valence-corrected chi connectivity index (χ0v) is 17.0. The van der Waals surface area contributed by atoms with Gasteiger partial charge in [-0.25, -0.2) is 9.18 Å². The minimum absolute atomic E-state index is 0.0989. The molecule has 1 aliphatic carbocycles. The van der Waals surface area contributed by atoms with Crippen molar-refractivity contribution in [2.24, 2.45) is 0 Å². The average molecular weight is 616 g/mol. The van der Waals surface area contributed by atoms with E-state index in [9.17, 15) is 97.0 Å². The van der Waals surface area contributed by atoms with Crippen LogP contribution in [-0.4, -0.2) is 71.0 Å². The standard InChI is InChI=1S/C15H5F21O2/c1-3(2)4(37)38-15(35,36)5(16)6(17,18)8(21,22)10(25,26)12(29,30)14(33,34)13(31,32)11(27,28)9(23,24)7(5,19)20/h1H2,2H3. The van der Waals surface area contributed by atoms with E-state index < -0.39 is 76.6 Å². The van der Waals surface area contributed by atoms with Crippen molar-refractivity contribution < 1.29 is 102 Å². The summed E-state index contributed by atoms with van der Waals surface area (Å²) in [5.74, 6) is -86.5. The first-order chi connectivity index (χ1) is 16.1. The predicted octanol–water partition coefficient (Wildman–Crippen LogP) is 7.14. The maximum absolute atomic E-state index is 14.8. The smallest absolute Gasteiger partial charge is 0.395 e. The Balaban J connectivity index is 4.60.